The second-order valence-corrected chi connectivity index (χ2v) is 4.58. The van der Waals surface area contributed by atoms with Gasteiger partial charge in [-0.25, -0.2) is 0 Å². The molecule has 0 saturated heterocycles. The molecule has 0 aromatic heterocycles. The molecule has 1 aromatic carbocycles. The Morgan fingerprint density at radius 3 is 2.83 bits per heavy atom. The molecule has 0 aliphatic heterocycles. The molecule has 0 heterocycles. The number of para-hydroxylation sites is 1. The fourth-order valence-corrected chi connectivity index (χ4v) is 2.17. The minimum atomic E-state index is -0.496. The van der Waals surface area contributed by atoms with Crippen molar-refractivity contribution in [2.45, 2.75) is 25.7 Å². The lowest BCUT2D eigenvalue weighted by molar-refractivity contribution is -0.384. The fraction of sp³-hybridized carbons (Fsp3) is 0.462. The highest BCUT2D eigenvalue weighted by molar-refractivity contribution is 5.68. The standard InChI is InChI=1S/C13H15N3O2/c14-9-11-5-2-6-12(13(11)16(17)18)15-8-7-10-3-1-4-10/h2,5-6,10,15H,1,3-4,7-8H2. The van der Waals surface area contributed by atoms with E-state index >= 15 is 0 Å². The molecule has 1 aliphatic rings. The highest BCUT2D eigenvalue weighted by atomic mass is 16.6. The third kappa shape index (κ3) is 2.59. The van der Waals surface area contributed by atoms with Gasteiger partial charge in [-0.3, -0.25) is 10.1 Å². The largest absolute Gasteiger partial charge is 0.379 e. The summed E-state index contributed by atoms with van der Waals surface area (Å²) in [6.45, 7) is 0.723. The van der Waals surface area contributed by atoms with Crippen LogP contribution in [0.2, 0.25) is 0 Å². The van der Waals surface area contributed by atoms with Gasteiger partial charge in [0.2, 0.25) is 0 Å². The van der Waals surface area contributed by atoms with Crippen molar-refractivity contribution in [2.75, 3.05) is 11.9 Å². The van der Waals surface area contributed by atoms with E-state index in [1.807, 2.05) is 6.07 Å². The van der Waals surface area contributed by atoms with Crippen LogP contribution in [0.15, 0.2) is 18.2 Å². The quantitative estimate of drug-likeness (QED) is 0.638. The van der Waals surface area contributed by atoms with Crippen LogP contribution < -0.4 is 5.32 Å². The number of anilines is 1. The van der Waals surface area contributed by atoms with Gasteiger partial charge in [0.15, 0.2) is 0 Å². The van der Waals surface area contributed by atoms with Crippen molar-refractivity contribution in [3.05, 3.63) is 33.9 Å². The lowest BCUT2D eigenvalue weighted by Gasteiger charge is -2.25. The van der Waals surface area contributed by atoms with Crippen LogP contribution in [0, 0.1) is 27.4 Å². The van der Waals surface area contributed by atoms with Crippen LogP contribution in [-0.4, -0.2) is 11.5 Å². The number of rotatable bonds is 5. The molecule has 1 N–H and O–H groups in total. The molecule has 0 unspecified atom stereocenters. The number of hydrogen-bond acceptors (Lipinski definition) is 4. The second kappa shape index (κ2) is 5.50. The van der Waals surface area contributed by atoms with Gasteiger partial charge in [0.25, 0.3) is 0 Å². The van der Waals surface area contributed by atoms with Gasteiger partial charge in [0, 0.05) is 6.54 Å². The van der Waals surface area contributed by atoms with Gasteiger partial charge in [-0.2, -0.15) is 5.26 Å². The van der Waals surface area contributed by atoms with Gasteiger partial charge in [-0.15, -0.1) is 0 Å². The Labute approximate surface area is 106 Å². The van der Waals surface area contributed by atoms with E-state index in [-0.39, 0.29) is 11.3 Å². The topological polar surface area (TPSA) is 79.0 Å². The Bertz CT molecular complexity index is 489. The highest BCUT2D eigenvalue weighted by Gasteiger charge is 2.20. The van der Waals surface area contributed by atoms with Crippen LogP contribution in [0.3, 0.4) is 0 Å². The van der Waals surface area contributed by atoms with Crippen LogP contribution in [0.1, 0.15) is 31.2 Å². The third-order valence-corrected chi connectivity index (χ3v) is 3.43. The normalized spacial score (nSPS) is 14.6. The minimum Gasteiger partial charge on any atom is -0.379 e. The van der Waals surface area contributed by atoms with Gasteiger partial charge in [0.1, 0.15) is 17.3 Å². The first kappa shape index (κ1) is 12.4. The molecule has 1 fully saturated rings. The third-order valence-electron chi connectivity index (χ3n) is 3.43. The van der Waals surface area contributed by atoms with E-state index in [1.165, 1.54) is 25.3 Å². The molecule has 1 aromatic rings. The second-order valence-electron chi connectivity index (χ2n) is 4.58. The van der Waals surface area contributed by atoms with E-state index in [0.717, 1.165) is 18.9 Å². The first-order valence-corrected chi connectivity index (χ1v) is 6.13. The van der Waals surface area contributed by atoms with Gasteiger partial charge >= 0.3 is 5.69 Å². The summed E-state index contributed by atoms with van der Waals surface area (Å²) in [7, 11) is 0. The molecule has 94 valence electrons. The Morgan fingerprint density at radius 1 is 1.50 bits per heavy atom. The van der Waals surface area contributed by atoms with Gasteiger partial charge in [-0.1, -0.05) is 25.3 Å². The lowest BCUT2D eigenvalue weighted by Crippen LogP contribution is -2.16. The number of nitro benzene ring substituents is 1. The maximum Gasteiger partial charge on any atom is 0.309 e. The van der Waals surface area contributed by atoms with Crippen LogP contribution in [-0.2, 0) is 0 Å². The van der Waals surface area contributed by atoms with E-state index in [4.69, 9.17) is 5.26 Å². The van der Waals surface area contributed by atoms with Crippen molar-refractivity contribution in [3.8, 4) is 6.07 Å². The van der Waals surface area contributed by atoms with Crippen molar-refractivity contribution in [1.82, 2.24) is 0 Å². The van der Waals surface area contributed by atoms with Gasteiger partial charge in [-0.05, 0) is 24.5 Å². The molecule has 0 amide bonds. The molecule has 1 aliphatic carbocycles. The molecule has 0 spiro atoms. The number of hydrogen-bond donors (Lipinski definition) is 1. The maximum atomic E-state index is 11.0. The summed E-state index contributed by atoms with van der Waals surface area (Å²) in [5.41, 5.74) is 0.431. The van der Waals surface area contributed by atoms with Crippen molar-refractivity contribution in [3.63, 3.8) is 0 Å². The highest BCUT2D eigenvalue weighted by Crippen LogP contribution is 2.31. The van der Waals surface area contributed by atoms with Crippen molar-refractivity contribution < 1.29 is 4.92 Å². The van der Waals surface area contributed by atoms with Crippen molar-refractivity contribution in [1.29, 1.82) is 5.26 Å². The predicted molar refractivity (Wildman–Crippen MR) is 68.3 cm³/mol. The van der Waals surface area contributed by atoms with E-state index in [2.05, 4.69) is 5.32 Å². The first-order chi connectivity index (χ1) is 8.72. The zero-order valence-electron chi connectivity index (χ0n) is 10.1. The number of nitriles is 1. The molecule has 2 rings (SSSR count). The monoisotopic (exact) mass is 245 g/mol. The molecule has 18 heavy (non-hydrogen) atoms. The van der Waals surface area contributed by atoms with Gasteiger partial charge < -0.3 is 5.32 Å². The summed E-state index contributed by atoms with van der Waals surface area (Å²) in [5, 5.41) is 22.9. The molecule has 0 atom stereocenters. The molecule has 1 saturated carbocycles. The number of benzene rings is 1. The van der Waals surface area contributed by atoms with Gasteiger partial charge in [0.05, 0.1) is 4.92 Å². The van der Waals surface area contributed by atoms with Crippen molar-refractivity contribution >= 4 is 11.4 Å². The number of nitrogens with one attached hydrogen (secondary N) is 1. The number of nitrogens with zero attached hydrogens (tertiary/aromatic N) is 2. The van der Waals surface area contributed by atoms with E-state index in [9.17, 15) is 10.1 Å². The summed E-state index contributed by atoms with van der Waals surface area (Å²) in [6, 6.07) is 6.64. The minimum absolute atomic E-state index is 0.105. The van der Waals surface area contributed by atoms with E-state index in [1.54, 1.807) is 12.1 Å². The van der Waals surface area contributed by atoms with E-state index < -0.39 is 4.92 Å². The summed E-state index contributed by atoms with van der Waals surface area (Å²) in [5.74, 6) is 0.760. The zero-order valence-corrected chi connectivity index (χ0v) is 10.1. The Morgan fingerprint density at radius 2 is 2.28 bits per heavy atom. The Balaban J connectivity index is 2.06. The molecule has 0 radical (unpaired) electrons. The average molecular weight is 245 g/mol. The van der Waals surface area contributed by atoms with Crippen LogP contribution in [0.4, 0.5) is 11.4 Å². The summed E-state index contributed by atoms with van der Waals surface area (Å²) in [6.07, 6.45) is 4.87. The van der Waals surface area contributed by atoms with Crippen molar-refractivity contribution in [2.24, 2.45) is 5.92 Å². The summed E-state index contributed by atoms with van der Waals surface area (Å²) < 4.78 is 0. The predicted octanol–water partition coefficient (Wildman–Crippen LogP) is 3.07. The lowest BCUT2D eigenvalue weighted by atomic mass is 9.83. The number of nitro groups is 1. The molecular weight excluding hydrogens is 230 g/mol. The smallest absolute Gasteiger partial charge is 0.309 e. The average Bonchev–Trinajstić information content (AvgIpc) is 2.31. The summed E-state index contributed by atoms with van der Waals surface area (Å²) >= 11 is 0. The first-order valence-electron chi connectivity index (χ1n) is 6.13. The summed E-state index contributed by atoms with van der Waals surface area (Å²) in [4.78, 5) is 10.5. The molecular formula is C13H15N3O2. The zero-order chi connectivity index (χ0) is 13.0. The van der Waals surface area contributed by atoms with Crippen LogP contribution in [0.5, 0.6) is 0 Å². The SMILES string of the molecule is N#Cc1cccc(NCCC2CCC2)c1[N+](=O)[O-]. The molecule has 5 heteroatoms. The van der Waals surface area contributed by atoms with Crippen LogP contribution in [0.25, 0.3) is 0 Å². The Kier molecular flexibility index (Phi) is 3.78. The Hall–Kier alpha value is -2.09. The fourth-order valence-electron chi connectivity index (χ4n) is 2.17. The van der Waals surface area contributed by atoms with Crippen LogP contribution >= 0.6 is 0 Å². The molecule has 0 bridgehead atoms. The van der Waals surface area contributed by atoms with E-state index in [0.29, 0.717) is 5.69 Å². The molecule has 5 nitrogen and oxygen atoms in total. The maximum absolute atomic E-state index is 11.0.